The van der Waals surface area contributed by atoms with Gasteiger partial charge in [0, 0.05) is 45.1 Å². The molecule has 3 rings (SSSR count). The average Bonchev–Trinajstić information content (AvgIpc) is 2.74. The van der Waals surface area contributed by atoms with Crippen LogP contribution in [0.15, 0.2) is 36.7 Å². The van der Waals surface area contributed by atoms with E-state index in [2.05, 4.69) is 27.1 Å². The Hall–Kier alpha value is -2.67. The van der Waals surface area contributed by atoms with E-state index in [0.717, 1.165) is 18.7 Å². The number of hydrogen-bond acceptors (Lipinski definition) is 5. The van der Waals surface area contributed by atoms with Gasteiger partial charge in [-0.15, -0.1) is 0 Å². The molecule has 0 aliphatic carbocycles. The van der Waals surface area contributed by atoms with E-state index in [1.165, 1.54) is 0 Å². The molecule has 0 radical (unpaired) electrons. The number of pyridine rings is 2. The molecule has 2 amide bonds. The summed E-state index contributed by atoms with van der Waals surface area (Å²) in [7, 11) is 0. The third-order valence-electron chi connectivity index (χ3n) is 4.71. The van der Waals surface area contributed by atoms with E-state index in [4.69, 9.17) is 11.6 Å². The minimum absolute atomic E-state index is 0.101. The second-order valence-corrected chi connectivity index (χ2v) is 6.99. The van der Waals surface area contributed by atoms with E-state index in [0.29, 0.717) is 43.9 Å². The molecule has 2 aromatic rings. The molecule has 1 aliphatic heterocycles. The molecule has 1 aliphatic rings. The second kappa shape index (κ2) is 9.50. The minimum Gasteiger partial charge on any atom is -0.353 e. The van der Waals surface area contributed by atoms with Crippen molar-refractivity contribution in [2.45, 2.75) is 19.8 Å². The lowest BCUT2D eigenvalue weighted by Gasteiger charge is -2.35. The standard InChI is InChI=1S/C20H24ClN5O2/c1-2-3-8-23-19(27)15-6-7-17(24-14-15)25-10-12-26(13-11-25)20(28)16-5-4-9-22-18(16)21/h4-7,9,14H,2-3,8,10-13H2,1H3,(H,23,27). The van der Waals surface area contributed by atoms with Crippen molar-refractivity contribution < 1.29 is 9.59 Å². The summed E-state index contributed by atoms with van der Waals surface area (Å²) in [6, 6.07) is 7.04. The van der Waals surface area contributed by atoms with Crippen molar-refractivity contribution in [3.05, 3.63) is 52.9 Å². The molecule has 1 fully saturated rings. The first kappa shape index (κ1) is 20.1. The van der Waals surface area contributed by atoms with Crippen LogP contribution in [0.25, 0.3) is 0 Å². The van der Waals surface area contributed by atoms with Gasteiger partial charge in [0.1, 0.15) is 11.0 Å². The number of unbranched alkanes of at least 4 members (excludes halogenated alkanes) is 1. The van der Waals surface area contributed by atoms with Gasteiger partial charge in [-0.05, 0) is 30.7 Å². The van der Waals surface area contributed by atoms with Crippen molar-refractivity contribution in [1.29, 1.82) is 0 Å². The van der Waals surface area contributed by atoms with Crippen LogP contribution >= 0.6 is 11.6 Å². The Morgan fingerprint density at radius 3 is 2.57 bits per heavy atom. The number of amides is 2. The van der Waals surface area contributed by atoms with Crippen molar-refractivity contribution >= 4 is 29.2 Å². The predicted octanol–water partition coefficient (Wildman–Crippen LogP) is 2.62. The van der Waals surface area contributed by atoms with E-state index in [1.54, 1.807) is 35.5 Å². The summed E-state index contributed by atoms with van der Waals surface area (Å²) in [5, 5.41) is 3.11. The van der Waals surface area contributed by atoms with E-state index in [9.17, 15) is 9.59 Å². The number of carbonyl (C=O) groups excluding carboxylic acids is 2. The molecule has 148 valence electrons. The van der Waals surface area contributed by atoms with E-state index >= 15 is 0 Å². The molecule has 28 heavy (non-hydrogen) atoms. The predicted molar refractivity (Wildman–Crippen MR) is 109 cm³/mol. The van der Waals surface area contributed by atoms with Crippen molar-refractivity contribution in [2.75, 3.05) is 37.6 Å². The number of aromatic nitrogens is 2. The maximum absolute atomic E-state index is 12.6. The van der Waals surface area contributed by atoms with Crippen molar-refractivity contribution in [3.63, 3.8) is 0 Å². The molecule has 1 saturated heterocycles. The third-order valence-corrected chi connectivity index (χ3v) is 5.01. The number of nitrogens with one attached hydrogen (secondary N) is 1. The molecule has 0 saturated carbocycles. The summed E-state index contributed by atoms with van der Waals surface area (Å²) in [5.41, 5.74) is 0.981. The average molecular weight is 402 g/mol. The van der Waals surface area contributed by atoms with Gasteiger partial charge in [-0.1, -0.05) is 24.9 Å². The summed E-state index contributed by atoms with van der Waals surface area (Å²) in [5.74, 6) is 0.595. The molecule has 0 bridgehead atoms. The largest absolute Gasteiger partial charge is 0.353 e. The van der Waals surface area contributed by atoms with Crippen LogP contribution in [0.5, 0.6) is 0 Å². The Kier molecular flexibility index (Phi) is 6.81. The van der Waals surface area contributed by atoms with E-state index in [-0.39, 0.29) is 17.0 Å². The zero-order chi connectivity index (χ0) is 19.9. The summed E-state index contributed by atoms with van der Waals surface area (Å²) in [6.45, 7) is 5.24. The van der Waals surface area contributed by atoms with Gasteiger partial charge in [0.15, 0.2) is 0 Å². The lowest BCUT2D eigenvalue weighted by Crippen LogP contribution is -2.49. The summed E-state index contributed by atoms with van der Waals surface area (Å²) in [6.07, 6.45) is 5.17. The molecule has 7 nitrogen and oxygen atoms in total. The van der Waals surface area contributed by atoms with E-state index in [1.807, 2.05) is 6.07 Å². The molecule has 1 N–H and O–H groups in total. The lowest BCUT2D eigenvalue weighted by atomic mass is 10.2. The molecule has 8 heteroatoms. The number of halogens is 1. The lowest BCUT2D eigenvalue weighted by molar-refractivity contribution is 0.0746. The number of nitrogens with zero attached hydrogens (tertiary/aromatic N) is 4. The van der Waals surface area contributed by atoms with Crippen LogP contribution in [0.1, 0.15) is 40.5 Å². The SMILES string of the molecule is CCCCNC(=O)c1ccc(N2CCN(C(=O)c3cccnc3Cl)CC2)nc1. The Morgan fingerprint density at radius 2 is 1.93 bits per heavy atom. The highest BCUT2D eigenvalue weighted by Crippen LogP contribution is 2.18. The maximum Gasteiger partial charge on any atom is 0.257 e. The number of rotatable bonds is 6. The van der Waals surface area contributed by atoms with Gasteiger partial charge < -0.3 is 15.1 Å². The quantitative estimate of drug-likeness (QED) is 0.594. The summed E-state index contributed by atoms with van der Waals surface area (Å²) in [4.78, 5) is 36.9. The topological polar surface area (TPSA) is 78.4 Å². The van der Waals surface area contributed by atoms with Crippen LogP contribution < -0.4 is 10.2 Å². The second-order valence-electron chi connectivity index (χ2n) is 6.64. The summed E-state index contributed by atoms with van der Waals surface area (Å²) < 4.78 is 0. The maximum atomic E-state index is 12.6. The molecule has 0 aromatic carbocycles. The highest BCUT2D eigenvalue weighted by Gasteiger charge is 2.24. The van der Waals surface area contributed by atoms with Crippen LogP contribution in [0.4, 0.5) is 5.82 Å². The normalized spacial score (nSPS) is 14.1. The van der Waals surface area contributed by atoms with Gasteiger partial charge in [-0.3, -0.25) is 9.59 Å². The Balaban J connectivity index is 1.55. The van der Waals surface area contributed by atoms with Gasteiger partial charge in [-0.25, -0.2) is 9.97 Å². The first-order valence-corrected chi connectivity index (χ1v) is 9.87. The van der Waals surface area contributed by atoms with Crippen LogP contribution in [0, 0.1) is 0 Å². The van der Waals surface area contributed by atoms with Gasteiger partial charge in [0.25, 0.3) is 11.8 Å². The third kappa shape index (κ3) is 4.78. The molecule has 3 heterocycles. The number of anilines is 1. The van der Waals surface area contributed by atoms with Crippen LogP contribution in [0.3, 0.4) is 0 Å². The van der Waals surface area contributed by atoms with Gasteiger partial charge in [0.2, 0.25) is 0 Å². The van der Waals surface area contributed by atoms with Crippen LogP contribution in [0.2, 0.25) is 5.15 Å². The van der Waals surface area contributed by atoms with Gasteiger partial charge >= 0.3 is 0 Å². The smallest absolute Gasteiger partial charge is 0.257 e. The van der Waals surface area contributed by atoms with Gasteiger partial charge in [-0.2, -0.15) is 0 Å². The first-order valence-electron chi connectivity index (χ1n) is 9.49. The number of carbonyl (C=O) groups is 2. The van der Waals surface area contributed by atoms with E-state index < -0.39 is 0 Å². The van der Waals surface area contributed by atoms with Crippen LogP contribution in [-0.2, 0) is 0 Å². The van der Waals surface area contributed by atoms with Crippen molar-refractivity contribution in [3.8, 4) is 0 Å². The monoisotopic (exact) mass is 401 g/mol. The molecule has 0 spiro atoms. The number of hydrogen-bond donors (Lipinski definition) is 1. The van der Waals surface area contributed by atoms with Crippen molar-refractivity contribution in [1.82, 2.24) is 20.2 Å². The first-order chi connectivity index (χ1) is 13.6. The summed E-state index contributed by atoms with van der Waals surface area (Å²) >= 11 is 6.03. The fourth-order valence-electron chi connectivity index (χ4n) is 3.04. The number of piperazine rings is 1. The fourth-order valence-corrected chi connectivity index (χ4v) is 3.24. The Morgan fingerprint density at radius 1 is 1.14 bits per heavy atom. The van der Waals surface area contributed by atoms with Gasteiger partial charge in [0.05, 0.1) is 11.1 Å². The Bertz CT molecular complexity index is 820. The fraction of sp³-hybridized carbons (Fsp3) is 0.400. The Labute approximate surface area is 169 Å². The highest BCUT2D eigenvalue weighted by atomic mass is 35.5. The molecular formula is C20H24ClN5O2. The molecule has 0 unspecified atom stereocenters. The van der Waals surface area contributed by atoms with Crippen LogP contribution in [-0.4, -0.2) is 59.4 Å². The zero-order valence-electron chi connectivity index (χ0n) is 15.9. The zero-order valence-corrected chi connectivity index (χ0v) is 16.7. The van der Waals surface area contributed by atoms with Crippen molar-refractivity contribution in [2.24, 2.45) is 0 Å². The molecule has 0 atom stereocenters. The highest BCUT2D eigenvalue weighted by molar-refractivity contribution is 6.32. The molecular weight excluding hydrogens is 378 g/mol. The minimum atomic E-state index is -0.107. The molecule has 2 aromatic heterocycles.